The molecule has 0 bridgehead atoms. The second-order valence-corrected chi connectivity index (χ2v) is 10.5. The van der Waals surface area contributed by atoms with Crippen LogP contribution < -0.4 is 10.2 Å². The Kier molecular flexibility index (Phi) is 6.79. The van der Waals surface area contributed by atoms with Crippen molar-refractivity contribution >= 4 is 33.3 Å². The van der Waals surface area contributed by atoms with E-state index in [2.05, 4.69) is 15.2 Å². The molecule has 2 aliphatic heterocycles. The summed E-state index contributed by atoms with van der Waals surface area (Å²) >= 11 is 5.87. The van der Waals surface area contributed by atoms with Crippen molar-refractivity contribution < 1.29 is 13.2 Å². The van der Waals surface area contributed by atoms with Crippen LogP contribution in [0.1, 0.15) is 31.2 Å². The lowest BCUT2D eigenvalue weighted by molar-refractivity contribution is -0.126. The first-order valence-corrected chi connectivity index (χ1v) is 12.5. The van der Waals surface area contributed by atoms with E-state index in [1.165, 1.54) is 29.3 Å². The van der Waals surface area contributed by atoms with Crippen molar-refractivity contribution in [3.63, 3.8) is 0 Å². The number of carbonyl (C=O) groups excluding carboxylic acids is 1. The Bertz CT molecular complexity index is 1010. The van der Waals surface area contributed by atoms with Gasteiger partial charge in [-0.2, -0.15) is 4.31 Å². The maximum absolute atomic E-state index is 12.9. The Morgan fingerprint density at radius 2 is 1.81 bits per heavy atom. The summed E-state index contributed by atoms with van der Waals surface area (Å²) in [6, 6.07) is 10.1. The zero-order valence-electron chi connectivity index (χ0n) is 17.3. The van der Waals surface area contributed by atoms with E-state index < -0.39 is 10.0 Å². The van der Waals surface area contributed by atoms with Crippen LogP contribution in [0, 0.1) is 5.92 Å². The van der Waals surface area contributed by atoms with E-state index in [-0.39, 0.29) is 23.3 Å². The molecule has 166 valence electrons. The zero-order chi connectivity index (χ0) is 21.8. The van der Waals surface area contributed by atoms with Gasteiger partial charge in [-0.1, -0.05) is 17.7 Å². The molecule has 31 heavy (non-hydrogen) atoms. The van der Waals surface area contributed by atoms with Gasteiger partial charge in [0.2, 0.25) is 15.9 Å². The number of hydrogen-bond acceptors (Lipinski definition) is 5. The third kappa shape index (κ3) is 5.19. The van der Waals surface area contributed by atoms with E-state index in [4.69, 9.17) is 11.6 Å². The third-order valence-electron chi connectivity index (χ3n) is 5.91. The second kappa shape index (κ2) is 9.54. The minimum atomic E-state index is -3.65. The van der Waals surface area contributed by atoms with Gasteiger partial charge in [0, 0.05) is 43.9 Å². The molecule has 1 aromatic carbocycles. The zero-order valence-corrected chi connectivity index (χ0v) is 18.9. The van der Waals surface area contributed by atoms with Crippen molar-refractivity contribution in [2.75, 3.05) is 31.1 Å². The topological polar surface area (TPSA) is 82.6 Å². The lowest BCUT2D eigenvalue weighted by atomic mass is 9.99. The molecule has 1 N–H and O–H groups in total. The minimum absolute atomic E-state index is 0.125. The number of piperidine rings is 1. The maximum atomic E-state index is 12.9. The molecule has 0 spiro atoms. The molecule has 1 aromatic heterocycles. The lowest BCUT2D eigenvalue weighted by Gasteiger charge is -2.31. The Morgan fingerprint density at radius 3 is 2.48 bits per heavy atom. The van der Waals surface area contributed by atoms with E-state index >= 15 is 0 Å². The first-order valence-electron chi connectivity index (χ1n) is 10.7. The van der Waals surface area contributed by atoms with Crippen molar-refractivity contribution in [3.05, 3.63) is 53.2 Å². The van der Waals surface area contributed by atoms with E-state index in [0.717, 1.165) is 24.5 Å². The number of rotatable bonds is 6. The van der Waals surface area contributed by atoms with Gasteiger partial charge in [0.05, 0.1) is 10.8 Å². The number of anilines is 1. The molecule has 2 saturated heterocycles. The van der Waals surface area contributed by atoms with E-state index in [0.29, 0.717) is 31.0 Å². The van der Waals surface area contributed by atoms with E-state index in [9.17, 15) is 13.2 Å². The Balaban J connectivity index is 1.34. The van der Waals surface area contributed by atoms with E-state index in [1.54, 1.807) is 18.3 Å². The smallest absolute Gasteiger partial charge is 0.243 e. The van der Waals surface area contributed by atoms with Gasteiger partial charge < -0.3 is 10.2 Å². The van der Waals surface area contributed by atoms with Crippen LogP contribution in [0.3, 0.4) is 0 Å². The largest absolute Gasteiger partial charge is 0.357 e. The quantitative estimate of drug-likeness (QED) is 0.713. The molecule has 2 aliphatic rings. The number of amides is 1. The van der Waals surface area contributed by atoms with Crippen LogP contribution in [0.25, 0.3) is 0 Å². The van der Waals surface area contributed by atoms with Crippen LogP contribution in [-0.2, 0) is 21.4 Å². The summed E-state index contributed by atoms with van der Waals surface area (Å²) in [7, 11) is -3.65. The molecule has 0 radical (unpaired) electrons. The van der Waals surface area contributed by atoms with Crippen molar-refractivity contribution in [1.29, 1.82) is 0 Å². The van der Waals surface area contributed by atoms with Crippen LogP contribution in [0.4, 0.5) is 5.82 Å². The highest BCUT2D eigenvalue weighted by atomic mass is 35.5. The van der Waals surface area contributed by atoms with E-state index in [1.807, 2.05) is 12.1 Å². The number of carbonyl (C=O) groups is 1. The number of aromatic nitrogens is 1. The Labute approximate surface area is 188 Å². The summed E-state index contributed by atoms with van der Waals surface area (Å²) in [6.07, 6.45) is 5.52. The second-order valence-electron chi connectivity index (χ2n) is 8.09. The number of pyridine rings is 1. The minimum Gasteiger partial charge on any atom is -0.357 e. The molecule has 4 rings (SSSR count). The molecule has 7 nitrogen and oxygen atoms in total. The molecular weight excluding hydrogens is 436 g/mol. The van der Waals surface area contributed by atoms with Gasteiger partial charge in [-0.3, -0.25) is 4.79 Å². The summed E-state index contributed by atoms with van der Waals surface area (Å²) in [5, 5.41) is 3.43. The van der Waals surface area contributed by atoms with Crippen molar-refractivity contribution in [2.24, 2.45) is 5.92 Å². The van der Waals surface area contributed by atoms with Gasteiger partial charge in [-0.05, 0) is 61.6 Å². The normalized spacial score (nSPS) is 20.0. The lowest BCUT2D eigenvalue weighted by Crippen LogP contribution is -2.45. The fourth-order valence-electron chi connectivity index (χ4n) is 4.12. The summed E-state index contributed by atoms with van der Waals surface area (Å²) < 4.78 is 27.3. The van der Waals surface area contributed by atoms with Gasteiger partial charge in [0.1, 0.15) is 5.82 Å². The van der Waals surface area contributed by atoms with Crippen molar-refractivity contribution in [1.82, 2.24) is 14.6 Å². The molecule has 1 unspecified atom stereocenters. The summed E-state index contributed by atoms with van der Waals surface area (Å²) in [5.74, 6) is 0.482. The molecule has 0 aliphatic carbocycles. The molecular formula is C22H27ClN4O3S. The Morgan fingerprint density at radius 1 is 1.06 bits per heavy atom. The van der Waals surface area contributed by atoms with Crippen molar-refractivity contribution in [2.45, 2.75) is 37.1 Å². The number of nitrogens with zero attached hydrogens (tertiary/aromatic N) is 3. The third-order valence-corrected chi connectivity index (χ3v) is 8.04. The maximum Gasteiger partial charge on any atom is 0.243 e. The molecule has 3 heterocycles. The standard InChI is InChI=1S/C22H27ClN4O3S/c23-19-6-8-20(9-7-19)31(29,30)27-13-3-4-18(16-27)22(28)25-15-17-5-10-21(24-14-17)26-11-1-2-12-26/h5-10,14,18H,1-4,11-13,15-16H2,(H,25,28). The highest BCUT2D eigenvalue weighted by Gasteiger charge is 2.33. The molecule has 1 atom stereocenters. The van der Waals surface area contributed by atoms with Gasteiger partial charge in [-0.25, -0.2) is 13.4 Å². The average Bonchev–Trinajstić information content (AvgIpc) is 3.33. The number of halogens is 1. The van der Waals surface area contributed by atoms with Crippen molar-refractivity contribution in [3.8, 4) is 0 Å². The van der Waals surface area contributed by atoms with Gasteiger partial charge in [0.25, 0.3) is 0 Å². The summed E-state index contributed by atoms with van der Waals surface area (Å²) in [6.45, 7) is 3.06. The molecule has 2 fully saturated rings. The molecule has 0 saturated carbocycles. The molecule has 2 aromatic rings. The highest BCUT2D eigenvalue weighted by molar-refractivity contribution is 7.89. The predicted molar refractivity (Wildman–Crippen MR) is 120 cm³/mol. The van der Waals surface area contributed by atoms with Crippen LogP contribution in [-0.4, -0.2) is 49.8 Å². The molecule has 9 heteroatoms. The fourth-order valence-corrected chi connectivity index (χ4v) is 5.77. The number of hydrogen-bond donors (Lipinski definition) is 1. The average molecular weight is 463 g/mol. The number of nitrogens with one attached hydrogen (secondary N) is 1. The van der Waals surface area contributed by atoms with Crippen LogP contribution in [0.2, 0.25) is 5.02 Å². The highest BCUT2D eigenvalue weighted by Crippen LogP contribution is 2.25. The molecule has 1 amide bonds. The summed E-state index contributed by atoms with van der Waals surface area (Å²) in [5.41, 5.74) is 0.928. The monoisotopic (exact) mass is 462 g/mol. The first kappa shape index (κ1) is 22.0. The first-order chi connectivity index (χ1) is 14.9. The van der Waals surface area contributed by atoms with Crippen LogP contribution in [0.5, 0.6) is 0 Å². The Hall–Kier alpha value is -2.16. The van der Waals surface area contributed by atoms with Gasteiger partial charge in [0.15, 0.2) is 0 Å². The fraction of sp³-hybridized carbons (Fsp3) is 0.455. The SMILES string of the molecule is O=C(NCc1ccc(N2CCCC2)nc1)C1CCCN(S(=O)(=O)c2ccc(Cl)cc2)C1. The van der Waals surface area contributed by atoms with Crippen LogP contribution >= 0.6 is 11.6 Å². The summed E-state index contributed by atoms with van der Waals surface area (Å²) in [4.78, 5) is 19.7. The number of benzene rings is 1. The number of sulfonamides is 1. The van der Waals surface area contributed by atoms with Crippen LogP contribution in [0.15, 0.2) is 47.5 Å². The van der Waals surface area contributed by atoms with Gasteiger partial charge >= 0.3 is 0 Å². The predicted octanol–water partition coefficient (Wildman–Crippen LogP) is 3.05. The van der Waals surface area contributed by atoms with Gasteiger partial charge in [-0.15, -0.1) is 0 Å².